The zero-order valence-electron chi connectivity index (χ0n) is 17.8. The molecule has 1 aromatic heterocycles. The zero-order chi connectivity index (χ0) is 21.9. The fourth-order valence-corrected chi connectivity index (χ4v) is 3.04. The van der Waals surface area contributed by atoms with Crippen LogP contribution < -0.4 is 4.74 Å². The Bertz CT molecular complexity index is 992. The number of hydrogen-bond acceptors (Lipinski definition) is 5. The van der Waals surface area contributed by atoms with Crippen molar-refractivity contribution in [2.24, 2.45) is 0 Å². The van der Waals surface area contributed by atoms with Crippen molar-refractivity contribution in [3.05, 3.63) is 65.0 Å². The molecule has 2 aromatic carbocycles. The second kappa shape index (κ2) is 8.88. The quantitative estimate of drug-likeness (QED) is 0.546. The lowest BCUT2D eigenvalue weighted by atomic mass is 9.87. The molecule has 0 saturated carbocycles. The summed E-state index contributed by atoms with van der Waals surface area (Å²) in [6.07, 6.45) is -0.644. The van der Waals surface area contributed by atoms with Gasteiger partial charge in [-0.15, -0.1) is 0 Å². The van der Waals surface area contributed by atoms with Gasteiger partial charge in [0.1, 0.15) is 5.75 Å². The van der Waals surface area contributed by atoms with Gasteiger partial charge in [0.15, 0.2) is 6.10 Å². The molecule has 0 aliphatic rings. The van der Waals surface area contributed by atoms with Crippen molar-refractivity contribution in [2.45, 2.75) is 45.8 Å². The topological polar surface area (TPSA) is 68.5 Å². The van der Waals surface area contributed by atoms with Gasteiger partial charge in [0.2, 0.25) is 11.7 Å². The highest BCUT2D eigenvalue weighted by molar-refractivity contribution is 6.30. The number of hydrogen-bond donors (Lipinski definition) is 0. The van der Waals surface area contributed by atoms with Crippen LogP contribution in [0.1, 0.15) is 39.1 Å². The van der Waals surface area contributed by atoms with Gasteiger partial charge in [-0.25, -0.2) is 0 Å². The van der Waals surface area contributed by atoms with Crippen LogP contribution in [0.15, 0.2) is 53.1 Å². The van der Waals surface area contributed by atoms with E-state index in [9.17, 15) is 4.79 Å². The molecule has 0 radical (unpaired) electrons. The number of halogens is 1. The number of amides is 1. The van der Waals surface area contributed by atoms with E-state index < -0.39 is 6.10 Å². The summed E-state index contributed by atoms with van der Waals surface area (Å²) in [6.45, 7) is 8.37. The Morgan fingerprint density at radius 2 is 1.77 bits per heavy atom. The van der Waals surface area contributed by atoms with E-state index in [4.69, 9.17) is 20.9 Å². The summed E-state index contributed by atoms with van der Waals surface area (Å²) in [6, 6.07) is 15.0. The third kappa shape index (κ3) is 5.39. The van der Waals surface area contributed by atoms with E-state index >= 15 is 0 Å². The Morgan fingerprint density at radius 3 is 2.37 bits per heavy atom. The first-order valence-corrected chi connectivity index (χ1v) is 10.1. The first-order chi connectivity index (χ1) is 14.1. The van der Waals surface area contributed by atoms with E-state index in [1.165, 1.54) is 10.5 Å². The lowest BCUT2D eigenvalue weighted by Crippen LogP contribution is -2.37. The standard InChI is InChI=1S/C23H26ClN3O3/c1-15(29-19-12-8-17(9-13-19)23(2,3)4)22(28)27(5)14-20-25-21(26-30-20)16-6-10-18(24)11-7-16/h6-13,15H,14H2,1-5H3/t15-/m0/s1. The molecule has 0 saturated heterocycles. The molecule has 1 amide bonds. The van der Waals surface area contributed by atoms with Crippen LogP contribution in [0.2, 0.25) is 5.02 Å². The maximum absolute atomic E-state index is 12.7. The molecular formula is C23H26ClN3O3. The van der Waals surface area contributed by atoms with Gasteiger partial charge < -0.3 is 14.2 Å². The molecule has 0 spiro atoms. The largest absolute Gasteiger partial charge is 0.481 e. The molecule has 30 heavy (non-hydrogen) atoms. The Kier molecular flexibility index (Phi) is 6.46. The molecule has 7 heteroatoms. The number of rotatable bonds is 6. The molecule has 1 heterocycles. The van der Waals surface area contributed by atoms with E-state index in [0.29, 0.717) is 22.5 Å². The highest BCUT2D eigenvalue weighted by Gasteiger charge is 2.22. The van der Waals surface area contributed by atoms with Crippen LogP contribution in [0.4, 0.5) is 0 Å². The number of carbonyl (C=O) groups is 1. The third-order valence-corrected chi connectivity index (χ3v) is 4.95. The second-order valence-corrected chi connectivity index (χ2v) is 8.68. The molecule has 0 aliphatic heterocycles. The van der Waals surface area contributed by atoms with Gasteiger partial charge in [-0.2, -0.15) is 4.98 Å². The number of ether oxygens (including phenoxy) is 1. The highest BCUT2D eigenvalue weighted by Crippen LogP contribution is 2.25. The summed E-state index contributed by atoms with van der Waals surface area (Å²) in [5.74, 6) is 1.27. The van der Waals surface area contributed by atoms with Crippen molar-refractivity contribution in [3.8, 4) is 17.1 Å². The maximum Gasteiger partial charge on any atom is 0.263 e. The van der Waals surface area contributed by atoms with Crippen LogP contribution >= 0.6 is 11.6 Å². The van der Waals surface area contributed by atoms with Crippen LogP contribution in [-0.2, 0) is 16.8 Å². The smallest absolute Gasteiger partial charge is 0.263 e. The Hall–Kier alpha value is -2.86. The number of nitrogens with zero attached hydrogens (tertiary/aromatic N) is 3. The number of benzene rings is 2. The van der Waals surface area contributed by atoms with E-state index in [0.717, 1.165) is 5.56 Å². The SMILES string of the molecule is C[C@H](Oc1ccc(C(C)(C)C)cc1)C(=O)N(C)Cc1nc(-c2ccc(Cl)cc2)no1. The van der Waals surface area contributed by atoms with Crippen LogP contribution in [0.25, 0.3) is 11.4 Å². The lowest BCUT2D eigenvalue weighted by molar-refractivity contribution is -0.137. The maximum atomic E-state index is 12.7. The molecule has 0 N–H and O–H groups in total. The van der Waals surface area contributed by atoms with Gasteiger partial charge in [0.05, 0.1) is 6.54 Å². The Balaban J connectivity index is 1.59. The minimum Gasteiger partial charge on any atom is -0.481 e. The van der Waals surface area contributed by atoms with Crippen molar-refractivity contribution in [1.29, 1.82) is 0 Å². The molecule has 0 fully saturated rings. The molecule has 0 aliphatic carbocycles. The lowest BCUT2D eigenvalue weighted by Gasteiger charge is -2.22. The van der Waals surface area contributed by atoms with Gasteiger partial charge in [-0.3, -0.25) is 4.79 Å². The van der Waals surface area contributed by atoms with Gasteiger partial charge in [-0.05, 0) is 54.3 Å². The summed E-state index contributed by atoms with van der Waals surface area (Å²) < 4.78 is 11.1. The van der Waals surface area contributed by atoms with E-state index in [-0.39, 0.29) is 17.9 Å². The fraction of sp³-hybridized carbons (Fsp3) is 0.348. The van der Waals surface area contributed by atoms with Crippen LogP contribution in [0.3, 0.4) is 0 Å². The normalized spacial score (nSPS) is 12.5. The molecule has 0 bridgehead atoms. The van der Waals surface area contributed by atoms with Crippen LogP contribution in [0.5, 0.6) is 5.75 Å². The summed E-state index contributed by atoms with van der Waals surface area (Å²) in [5, 5.41) is 4.60. The monoisotopic (exact) mass is 427 g/mol. The first kappa shape index (κ1) is 21.8. The second-order valence-electron chi connectivity index (χ2n) is 8.25. The van der Waals surface area contributed by atoms with Gasteiger partial charge in [-0.1, -0.05) is 49.7 Å². The van der Waals surface area contributed by atoms with Crippen molar-refractivity contribution in [3.63, 3.8) is 0 Å². The van der Waals surface area contributed by atoms with Gasteiger partial charge >= 0.3 is 0 Å². The highest BCUT2D eigenvalue weighted by atomic mass is 35.5. The van der Waals surface area contributed by atoms with Crippen LogP contribution in [-0.4, -0.2) is 34.1 Å². The molecule has 6 nitrogen and oxygen atoms in total. The molecule has 1 atom stereocenters. The predicted molar refractivity (Wildman–Crippen MR) is 116 cm³/mol. The van der Waals surface area contributed by atoms with Crippen molar-refractivity contribution >= 4 is 17.5 Å². The van der Waals surface area contributed by atoms with Gasteiger partial charge in [0.25, 0.3) is 5.91 Å². The van der Waals surface area contributed by atoms with E-state index in [1.54, 1.807) is 26.1 Å². The molecular weight excluding hydrogens is 402 g/mol. The molecule has 3 rings (SSSR count). The Morgan fingerprint density at radius 1 is 1.13 bits per heavy atom. The summed E-state index contributed by atoms with van der Waals surface area (Å²) in [5.41, 5.74) is 2.06. The van der Waals surface area contributed by atoms with Gasteiger partial charge in [0, 0.05) is 17.6 Å². The van der Waals surface area contributed by atoms with Crippen molar-refractivity contribution < 1.29 is 14.1 Å². The number of aromatic nitrogens is 2. The molecule has 158 valence electrons. The fourth-order valence-electron chi connectivity index (χ4n) is 2.91. The third-order valence-electron chi connectivity index (χ3n) is 4.70. The first-order valence-electron chi connectivity index (χ1n) is 9.74. The van der Waals surface area contributed by atoms with Crippen molar-refractivity contribution in [2.75, 3.05) is 7.05 Å². The van der Waals surface area contributed by atoms with Crippen LogP contribution in [0, 0.1) is 0 Å². The summed E-state index contributed by atoms with van der Waals surface area (Å²) in [7, 11) is 1.68. The number of likely N-dealkylation sites (N-methyl/N-ethyl adjacent to an activating group) is 1. The predicted octanol–water partition coefficient (Wildman–Crippen LogP) is 5.11. The molecule has 0 unspecified atom stereocenters. The number of carbonyl (C=O) groups excluding carboxylic acids is 1. The summed E-state index contributed by atoms with van der Waals surface area (Å²) in [4.78, 5) is 18.5. The Labute approximate surface area is 181 Å². The zero-order valence-corrected chi connectivity index (χ0v) is 18.6. The average Bonchev–Trinajstić information content (AvgIpc) is 3.16. The minimum absolute atomic E-state index is 0.0646. The van der Waals surface area contributed by atoms with E-state index in [2.05, 4.69) is 30.9 Å². The molecule has 3 aromatic rings. The average molecular weight is 428 g/mol. The van der Waals surface area contributed by atoms with E-state index in [1.807, 2.05) is 36.4 Å². The minimum atomic E-state index is -0.644. The van der Waals surface area contributed by atoms with Crippen molar-refractivity contribution in [1.82, 2.24) is 15.0 Å². The summed E-state index contributed by atoms with van der Waals surface area (Å²) >= 11 is 5.90.